The van der Waals surface area contributed by atoms with Gasteiger partial charge in [0, 0.05) is 12.3 Å². The molecule has 3 nitrogen and oxygen atoms in total. The minimum Gasteiger partial charge on any atom is -0.504 e. The SMILES string of the molecule is CCOC1=C(O)C=CC(C=O)C1. The van der Waals surface area contributed by atoms with E-state index in [0.717, 1.165) is 6.29 Å². The summed E-state index contributed by atoms with van der Waals surface area (Å²) in [6.45, 7) is 2.35. The van der Waals surface area contributed by atoms with E-state index in [1.165, 1.54) is 6.08 Å². The fraction of sp³-hybridized carbons (Fsp3) is 0.444. The summed E-state index contributed by atoms with van der Waals surface area (Å²) in [6, 6.07) is 0. The average Bonchev–Trinajstić information content (AvgIpc) is 2.09. The highest BCUT2D eigenvalue weighted by Gasteiger charge is 2.15. The van der Waals surface area contributed by atoms with Crippen LogP contribution < -0.4 is 0 Å². The van der Waals surface area contributed by atoms with Crippen LogP contribution in [-0.2, 0) is 9.53 Å². The average molecular weight is 168 g/mol. The van der Waals surface area contributed by atoms with Gasteiger partial charge in [-0.1, -0.05) is 6.08 Å². The molecule has 1 aliphatic carbocycles. The molecular formula is C9H12O3. The number of ether oxygens (including phenoxy) is 1. The minimum atomic E-state index is -0.151. The van der Waals surface area contributed by atoms with Gasteiger partial charge in [-0.25, -0.2) is 0 Å². The summed E-state index contributed by atoms with van der Waals surface area (Å²) in [5, 5.41) is 9.27. The lowest BCUT2D eigenvalue weighted by molar-refractivity contribution is -0.110. The van der Waals surface area contributed by atoms with E-state index in [9.17, 15) is 9.90 Å². The number of hydrogen-bond donors (Lipinski definition) is 1. The maximum Gasteiger partial charge on any atom is 0.152 e. The van der Waals surface area contributed by atoms with Crippen molar-refractivity contribution in [1.29, 1.82) is 0 Å². The first-order chi connectivity index (χ1) is 5.77. The number of hydrogen-bond acceptors (Lipinski definition) is 3. The van der Waals surface area contributed by atoms with Gasteiger partial charge in [0.05, 0.1) is 6.61 Å². The maximum atomic E-state index is 10.4. The molecule has 0 bridgehead atoms. The molecule has 0 amide bonds. The second-order valence-corrected chi connectivity index (χ2v) is 2.60. The third kappa shape index (κ3) is 1.87. The van der Waals surface area contributed by atoms with Crippen LogP contribution in [-0.4, -0.2) is 18.0 Å². The van der Waals surface area contributed by atoms with Crippen molar-refractivity contribution in [2.45, 2.75) is 13.3 Å². The van der Waals surface area contributed by atoms with Gasteiger partial charge in [0.25, 0.3) is 0 Å². The Morgan fingerprint density at radius 2 is 2.58 bits per heavy atom. The maximum absolute atomic E-state index is 10.4. The van der Waals surface area contributed by atoms with E-state index in [-0.39, 0.29) is 11.7 Å². The Kier molecular flexibility index (Phi) is 2.91. The highest BCUT2D eigenvalue weighted by molar-refractivity contribution is 5.58. The van der Waals surface area contributed by atoms with Gasteiger partial charge in [-0.2, -0.15) is 0 Å². The van der Waals surface area contributed by atoms with Crippen LogP contribution in [0.15, 0.2) is 23.7 Å². The van der Waals surface area contributed by atoms with Crippen LogP contribution in [0, 0.1) is 5.92 Å². The Morgan fingerprint density at radius 1 is 1.83 bits per heavy atom. The fourth-order valence-corrected chi connectivity index (χ4v) is 1.09. The van der Waals surface area contributed by atoms with Crippen LogP contribution in [0.5, 0.6) is 0 Å². The molecule has 1 rings (SSSR count). The highest BCUT2D eigenvalue weighted by atomic mass is 16.5. The molecular weight excluding hydrogens is 156 g/mol. The zero-order chi connectivity index (χ0) is 8.97. The van der Waals surface area contributed by atoms with E-state index in [4.69, 9.17) is 4.74 Å². The van der Waals surface area contributed by atoms with E-state index in [1.54, 1.807) is 6.08 Å². The van der Waals surface area contributed by atoms with Gasteiger partial charge in [-0.3, -0.25) is 0 Å². The Balaban J connectivity index is 2.68. The normalized spacial score (nSPS) is 22.6. The van der Waals surface area contributed by atoms with E-state index in [1.807, 2.05) is 6.92 Å². The monoisotopic (exact) mass is 168 g/mol. The first kappa shape index (κ1) is 8.84. The lowest BCUT2D eigenvalue weighted by Crippen LogP contribution is -2.08. The van der Waals surface area contributed by atoms with Crippen molar-refractivity contribution in [3.8, 4) is 0 Å². The third-order valence-electron chi connectivity index (χ3n) is 1.70. The summed E-state index contributed by atoms with van der Waals surface area (Å²) in [6.07, 6.45) is 4.50. The molecule has 0 saturated heterocycles. The molecule has 0 heterocycles. The van der Waals surface area contributed by atoms with Crippen LogP contribution >= 0.6 is 0 Å². The number of aliphatic hydroxyl groups excluding tert-OH is 1. The second-order valence-electron chi connectivity index (χ2n) is 2.60. The fourth-order valence-electron chi connectivity index (χ4n) is 1.09. The minimum absolute atomic E-state index is 0.134. The van der Waals surface area contributed by atoms with E-state index >= 15 is 0 Å². The Hall–Kier alpha value is -1.25. The molecule has 1 aliphatic rings. The second kappa shape index (κ2) is 3.95. The number of aldehydes is 1. The van der Waals surface area contributed by atoms with Crippen molar-refractivity contribution >= 4 is 6.29 Å². The molecule has 12 heavy (non-hydrogen) atoms. The van der Waals surface area contributed by atoms with Crippen LogP contribution in [0.2, 0.25) is 0 Å². The summed E-state index contributed by atoms with van der Waals surface area (Å²) in [5.74, 6) is 0.495. The van der Waals surface area contributed by atoms with Crippen LogP contribution in [0.3, 0.4) is 0 Å². The van der Waals surface area contributed by atoms with Gasteiger partial charge < -0.3 is 14.6 Å². The molecule has 0 aliphatic heterocycles. The quantitative estimate of drug-likeness (QED) is 0.650. The van der Waals surface area contributed by atoms with E-state index < -0.39 is 0 Å². The van der Waals surface area contributed by atoms with Crippen LogP contribution in [0.4, 0.5) is 0 Å². The summed E-state index contributed by atoms with van der Waals surface area (Å²) < 4.78 is 5.15. The zero-order valence-electron chi connectivity index (χ0n) is 6.99. The largest absolute Gasteiger partial charge is 0.504 e. The lowest BCUT2D eigenvalue weighted by Gasteiger charge is -2.15. The van der Waals surface area contributed by atoms with Gasteiger partial charge in [0.15, 0.2) is 5.76 Å². The molecule has 0 spiro atoms. The van der Waals surface area contributed by atoms with Crippen molar-refractivity contribution in [3.05, 3.63) is 23.7 Å². The molecule has 1 unspecified atom stereocenters. The van der Waals surface area contributed by atoms with Crippen molar-refractivity contribution in [2.24, 2.45) is 5.92 Å². The molecule has 1 N–H and O–H groups in total. The predicted molar refractivity (Wildman–Crippen MR) is 44.6 cm³/mol. The topological polar surface area (TPSA) is 46.5 Å². The number of rotatable bonds is 3. The zero-order valence-corrected chi connectivity index (χ0v) is 6.99. The van der Waals surface area contributed by atoms with Gasteiger partial charge in [0.2, 0.25) is 0 Å². The molecule has 3 heteroatoms. The van der Waals surface area contributed by atoms with Crippen LogP contribution in [0.25, 0.3) is 0 Å². The van der Waals surface area contributed by atoms with Gasteiger partial charge in [-0.15, -0.1) is 0 Å². The molecule has 0 aromatic heterocycles. The molecule has 0 radical (unpaired) electrons. The predicted octanol–water partition coefficient (Wildman–Crippen LogP) is 1.57. The standard InChI is InChI=1S/C9H12O3/c1-2-12-9-5-7(6-10)3-4-8(9)11/h3-4,6-7,11H,2,5H2,1H3. The van der Waals surface area contributed by atoms with Crippen molar-refractivity contribution in [3.63, 3.8) is 0 Å². The van der Waals surface area contributed by atoms with Gasteiger partial charge >= 0.3 is 0 Å². The first-order valence-electron chi connectivity index (χ1n) is 3.96. The molecule has 0 fully saturated rings. The number of carbonyl (C=O) groups excluding carboxylic acids is 1. The lowest BCUT2D eigenvalue weighted by atomic mass is 10.0. The molecule has 0 aromatic rings. The van der Waals surface area contributed by atoms with E-state index in [2.05, 4.69) is 0 Å². The summed E-state index contributed by atoms with van der Waals surface area (Å²) >= 11 is 0. The Labute approximate surface area is 71.3 Å². The summed E-state index contributed by atoms with van der Waals surface area (Å²) in [4.78, 5) is 10.4. The highest BCUT2D eigenvalue weighted by Crippen LogP contribution is 2.21. The van der Waals surface area contributed by atoms with E-state index in [0.29, 0.717) is 18.8 Å². The molecule has 0 aromatic carbocycles. The Bertz CT molecular complexity index is 228. The smallest absolute Gasteiger partial charge is 0.152 e. The number of aliphatic hydroxyl groups is 1. The molecule has 1 atom stereocenters. The van der Waals surface area contributed by atoms with Gasteiger partial charge in [0.1, 0.15) is 12.0 Å². The molecule has 0 saturated carbocycles. The number of allylic oxidation sites excluding steroid dienone is 3. The third-order valence-corrected chi connectivity index (χ3v) is 1.70. The molecule has 66 valence electrons. The first-order valence-corrected chi connectivity index (χ1v) is 3.96. The Morgan fingerprint density at radius 3 is 3.17 bits per heavy atom. The number of carbonyl (C=O) groups is 1. The van der Waals surface area contributed by atoms with Crippen molar-refractivity contribution in [1.82, 2.24) is 0 Å². The summed E-state index contributed by atoms with van der Waals surface area (Å²) in [5.41, 5.74) is 0. The van der Waals surface area contributed by atoms with Crippen LogP contribution in [0.1, 0.15) is 13.3 Å². The summed E-state index contributed by atoms with van der Waals surface area (Å²) in [7, 11) is 0. The van der Waals surface area contributed by atoms with Crippen molar-refractivity contribution in [2.75, 3.05) is 6.61 Å². The van der Waals surface area contributed by atoms with Gasteiger partial charge in [-0.05, 0) is 13.0 Å². The van der Waals surface area contributed by atoms with Crippen molar-refractivity contribution < 1.29 is 14.6 Å².